The Hall–Kier alpha value is -3.65. The van der Waals surface area contributed by atoms with Gasteiger partial charge in [-0.3, -0.25) is 19.3 Å². The summed E-state index contributed by atoms with van der Waals surface area (Å²) in [5, 5.41) is 0. The first-order valence-electron chi connectivity index (χ1n) is 12.0. The van der Waals surface area contributed by atoms with E-state index in [1.54, 1.807) is 30.2 Å². The van der Waals surface area contributed by atoms with E-state index in [2.05, 4.69) is 4.90 Å². The lowest BCUT2D eigenvalue weighted by atomic mass is 10.1. The van der Waals surface area contributed by atoms with Gasteiger partial charge >= 0.3 is 0 Å². The van der Waals surface area contributed by atoms with Crippen molar-refractivity contribution in [1.82, 2.24) is 9.80 Å². The number of carbonyl (C=O) groups excluding carboxylic acids is 3. The fraction of sp³-hybridized carbons (Fsp3) is 0.370. The van der Waals surface area contributed by atoms with E-state index in [0.717, 1.165) is 29.8 Å². The molecule has 3 amide bonds. The molecule has 2 aromatic carbocycles. The Morgan fingerprint density at radius 2 is 1.83 bits per heavy atom. The number of fused-ring (bicyclic) bond motifs is 1. The second-order valence-corrected chi connectivity index (χ2v) is 8.97. The molecule has 0 spiro atoms. The van der Waals surface area contributed by atoms with Crippen molar-refractivity contribution in [3.05, 3.63) is 65.2 Å². The highest BCUT2D eigenvalue weighted by Crippen LogP contribution is 2.33. The number of imide groups is 1. The molecule has 35 heavy (non-hydrogen) atoms. The molecule has 3 heterocycles. The molecule has 3 aliphatic rings. The van der Waals surface area contributed by atoms with Crippen LogP contribution in [0.25, 0.3) is 6.08 Å². The largest absolute Gasteiger partial charge is 0.497 e. The van der Waals surface area contributed by atoms with Gasteiger partial charge in [0.1, 0.15) is 5.75 Å². The van der Waals surface area contributed by atoms with Gasteiger partial charge < -0.3 is 19.3 Å². The number of anilines is 1. The molecule has 0 radical (unpaired) electrons. The molecule has 182 valence electrons. The highest BCUT2D eigenvalue weighted by Gasteiger charge is 2.40. The molecule has 0 saturated carbocycles. The normalized spacial score (nSPS) is 20.1. The SMILES string of the molecule is COc1ccc(/C=C/C(=O)N2CCN(c3cccc4c3C(=O)N(CC3CCCO3)C4=O)CC2)cc1. The predicted molar refractivity (Wildman–Crippen MR) is 132 cm³/mol. The van der Waals surface area contributed by atoms with E-state index in [0.29, 0.717) is 50.5 Å². The summed E-state index contributed by atoms with van der Waals surface area (Å²) in [7, 11) is 1.62. The second kappa shape index (κ2) is 9.92. The van der Waals surface area contributed by atoms with Crippen LogP contribution in [0, 0.1) is 0 Å². The summed E-state index contributed by atoms with van der Waals surface area (Å²) >= 11 is 0. The summed E-state index contributed by atoms with van der Waals surface area (Å²) in [4.78, 5) is 44.1. The minimum Gasteiger partial charge on any atom is -0.497 e. The molecule has 0 aliphatic carbocycles. The van der Waals surface area contributed by atoms with Gasteiger partial charge in [0, 0.05) is 38.9 Å². The molecule has 2 saturated heterocycles. The second-order valence-electron chi connectivity index (χ2n) is 8.97. The summed E-state index contributed by atoms with van der Waals surface area (Å²) in [6.45, 7) is 3.23. The lowest BCUT2D eigenvalue weighted by Crippen LogP contribution is -2.48. The van der Waals surface area contributed by atoms with E-state index in [4.69, 9.17) is 9.47 Å². The lowest BCUT2D eigenvalue weighted by Gasteiger charge is -2.36. The topological polar surface area (TPSA) is 79.4 Å². The van der Waals surface area contributed by atoms with Gasteiger partial charge in [0.15, 0.2) is 0 Å². The van der Waals surface area contributed by atoms with Crippen molar-refractivity contribution in [2.45, 2.75) is 18.9 Å². The maximum Gasteiger partial charge on any atom is 0.263 e. The molecular weight excluding hydrogens is 446 g/mol. The first-order valence-corrected chi connectivity index (χ1v) is 12.0. The molecular formula is C27H29N3O5. The zero-order valence-electron chi connectivity index (χ0n) is 19.8. The summed E-state index contributed by atoms with van der Waals surface area (Å²) in [5.74, 6) is 0.219. The van der Waals surface area contributed by atoms with Crippen molar-refractivity contribution in [3.8, 4) is 5.75 Å². The zero-order chi connectivity index (χ0) is 24.4. The van der Waals surface area contributed by atoms with Crippen molar-refractivity contribution >= 4 is 29.5 Å². The van der Waals surface area contributed by atoms with Crippen LogP contribution in [0.5, 0.6) is 5.75 Å². The van der Waals surface area contributed by atoms with Gasteiger partial charge in [0.2, 0.25) is 5.91 Å². The number of hydrogen-bond acceptors (Lipinski definition) is 6. The number of nitrogens with zero attached hydrogens (tertiary/aromatic N) is 3. The van der Waals surface area contributed by atoms with Crippen LogP contribution < -0.4 is 9.64 Å². The summed E-state index contributed by atoms with van der Waals surface area (Å²) in [6.07, 6.45) is 5.12. The number of ether oxygens (including phenoxy) is 2. The number of piperazine rings is 1. The molecule has 2 aromatic rings. The van der Waals surface area contributed by atoms with Crippen molar-refractivity contribution in [2.75, 3.05) is 51.3 Å². The van der Waals surface area contributed by atoms with E-state index >= 15 is 0 Å². The van der Waals surface area contributed by atoms with Gasteiger partial charge in [-0.15, -0.1) is 0 Å². The fourth-order valence-corrected chi connectivity index (χ4v) is 4.89. The first-order chi connectivity index (χ1) is 17.0. The fourth-order valence-electron chi connectivity index (χ4n) is 4.89. The van der Waals surface area contributed by atoms with Gasteiger partial charge in [-0.2, -0.15) is 0 Å². The maximum absolute atomic E-state index is 13.2. The van der Waals surface area contributed by atoms with E-state index in [9.17, 15) is 14.4 Å². The van der Waals surface area contributed by atoms with Gasteiger partial charge in [0.25, 0.3) is 11.8 Å². The smallest absolute Gasteiger partial charge is 0.263 e. The van der Waals surface area contributed by atoms with Crippen LogP contribution in [0.15, 0.2) is 48.5 Å². The average molecular weight is 476 g/mol. The Morgan fingerprint density at radius 1 is 1.06 bits per heavy atom. The van der Waals surface area contributed by atoms with Crippen molar-refractivity contribution < 1.29 is 23.9 Å². The maximum atomic E-state index is 13.2. The average Bonchev–Trinajstić information content (AvgIpc) is 3.50. The minimum absolute atomic E-state index is 0.0484. The van der Waals surface area contributed by atoms with Crippen LogP contribution in [-0.4, -0.2) is 80.1 Å². The number of carbonyl (C=O) groups is 3. The summed E-state index contributed by atoms with van der Waals surface area (Å²) in [6, 6.07) is 12.9. The quantitative estimate of drug-likeness (QED) is 0.472. The monoisotopic (exact) mass is 475 g/mol. The first kappa shape index (κ1) is 23.1. The molecule has 1 unspecified atom stereocenters. The number of amides is 3. The Morgan fingerprint density at radius 3 is 2.51 bits per heavy atom. The molecule has 5 rings (SSSR count). The molecule has 2 fully saturated rings. The standard InChI is InChI=1S/C27H29N3O5/c1-34-20-10-7-19(8-11-20)9-12-24(31)29-15-13-28(14-16-29)23-6-2-5-22-25(23)27(33)30(26(22)32)18-21-4-3-17-35-21/h2,5-12,21H,3-4,13-18H2,1H3/b12-9+. The van der Waals surface area contributed by atoms with Crippen molar-refractivity contribution in [3.63, 3.8) is 0 Å². The van der Waals surface area contributed by atoms with E-state index < -0.39 is 0 Å². The number of hydrogen-bond donors (Lipinski definition) is 0. The van der Waals surface area contributed by atoms with Gasteiger partial charge in [-0.25, -0.2) is 0 Å². The minimum atomic E-state index is -0.253. The molecule has 8 heteroatoms. The van der Waals surface area contributed by atoms with E-state index in [1.807, 2.05) is 36.4 Å². The van der Waals surface area contributed by atoms with Crippen LogP contribution >= 0.6 is 0 Å². The van der Waals surface area contributed by atoms with Crippen LogP contribution in [0.2, 0.25) is 0 Å². The third-order valence-corrected chi connectivity index (χ3v) is 6.85. The molecule has 8 nitrogen and oxygen atoms in total. The van der Waals surface area contributed by atoms with Crippen LogP contribution in [-0.2, 0) is 9.53 Å². The van der Waals surface area contributed by atoms with Crippen molar-refractivity contribution in [2.24, 2.45) is 0 Å². The molecule has 0 bridgehead atoms. The Labute approximate surface area is 204 Å². The number of methoxy groups -OCH3 is 1. The highest BCUT2D eigenvalue weighted by atomic mass is 16.5. The number of rotatable bonds is 6. The molecule has 0 aromatic heterocycles. The van der Waals surface area contributed by atoms with E-state index in [-0.39, 0.29) is 23.8 Å². The third kappa shape index (κ3) is 4.66. The Kier molecular flexibility index (Phi) is 6.55. The van der Waals surface area contributed by atoms with Gasteiger partial charge in [-0.1, -0.05) is 18.2 Å². The Bertz CT molecular complexity index is 1150. The molecule has 3 aliphatic heterocycles. The molecule has 1 atom stereocenters. The van der Waals surface area contributed by atoms with E-state index in [1.165, 1.54) is 4.90 Å². The third-order valence-electron chi connectivity index (χ3n) is 6.85. The summed E-state index contributed by atoms with van der Waals surface area (Å²) < 4.78 is 10.8. The number of benzene rings is 2. The van der Waals surface area contributed by atoms with Crippen LogP contribution in [0.4, 0.5) is 5.69 Å². The Balaban J connectivity index is 1.23. The van der Waals surface area contributed by atoms with Crippen molar-refractivity contribution in [1.29, 1.82) is 0 Å². The highest BCUT2D eigenvalue weighted by molar-refractivity contribution is 6.23. The summed E-state index contributed by atoms with van der Waals surface area (Å²) in [5.41, 5.74) is 2.60. The predicted octanol–water partition coefficient (Wildman–Crippen LogP) is 2.83. The van der Waals surface area contributed by atoms with Gasteiger partial charge in [-0.05, 0) is 48.7 Å². The zero-order valence-corrected chi connectivity index (χ0v) is 19.8. The van der Waals surface area contributed by atoms with Crippen LogP contribution in [0.3, 0.4) is 0 Å². The lowest BCUT2D eigenvalue weighted by molar-refractivity contribution is -0.126. The van der Waals surface area contributed by atoms with Gasteiger partial charge in [0.05, 0.1) is 36.6 Å². The molecule has 0 N–H and O–H groups in total. The van der Waals surface area contributed by atoms with Crippen LogP contribution in [0.1, 0.15) is 39.1 Å².